The highest BCUT2D eigenvalue weighted by Gasteiger charge is 2.56. The van der Waals surface area contributed by atoms with Crippen molar-refractivity contribution in [1.82, 2.24) is 10.2 Å². The average molecular weight is 660 g/mol. The number of ether oxygens (including phenoxy) is 2. The first-order chi connectivity index (χ1) is 21.7. The molecule has 2 aromatic rings. The molecular weight excluding hydrogens is 616 g/mol. The number of aliphatic hydroxyl groups is 1. The fourth-order valence-electron chi connectivity index (χ4n) is 5.58. The lowest BCUT2D eigenvalue weighted by Crippen LogP contribution is -2.56. The van der Waals surface area contributed by atoms with Crippen LogP contribution < -0.4 is 5.32 Å². The van der Waals surface area contributed by atoms with Crippen LogP contribution in [0.3, 0.4) is 0 Å². The number of nitrogens with zero attached hydrogens (tertiary/aromatic N) is 3. The maximum atomic E-state index is 13.8. The van der Waals surface area contributed by atoms with Crippen molar-refractivity contribution < 1.29 is 38.4 Å². The molecule has 15 heteroatoms. The van der Waals surface area contributed by atoms with Gasteiger partial charge >= 0.3 is 12.2 Å². The molecule has 1 aliphatic heterocycles. The summed E-state index contributed by atoms with van der Waals surface area (Å²) in [5, 5.41) is 34.7. The molecule has 1 unspecified atom stereocenters. The Morgan fingerprint density at radius 1 is 0.978 bits per heavy atom. The second kappa shape index (κ2) is 16.0. The Morgan fingerprint density at radius 2 is 1.50 bits per heavy atom. The molecule has 2 aromatic carbocycles. The Labute approximate surface area is 270 Å². The van der Waals surface area contributed by atoms with Gasteiger partial charge in [-0.05, 0) is 79.1 Å². The van der Waals surface area contributed by atoms with Crippen LogP contribution in [0.15, 0.2) is 48.5 Å². The number of hydrogen-bond acceptors (Lipinski definition) is 10. The van der Waals surface area contributed by atoms with Gasteiger partial charge in [0, 0.05) is 49.9 Å². The van der Waals surface area contributed by atoms with Gasteiger partial charge < -0.3 is 24.3 Å². The molecular formula is C31H43N4O10Si. The predicted octanol–water partition coefficient (Wildman–Crippen LogP) is 5.79. The molecule has 251 valence electrons. The zero-order valence-electron chi connectivity index (χ0n) is 26.9. The molecule has 46 heavy (non-hydrogen) atoms. The molecule has 0 spiro atoms. The molecule has 2 amide bonds. The highest BCUT2D eigenvalue weighted by Crippen LogP contribution is 2.48. The second-order valence-corrected chi connectivity index (χ2v) is 14.7. The van der Waals surface area contributed by atoms with Gasteiger partial charge in [0.15, 0.2) is 0 Å². The minimum Gasteiger partial charge on any atom is -0.445 e. The van der Waals surface area contributed by atoms with E-state index in [0.717, 1.165) is 0 Å². The molecule has 1 saturated heterocycles. The van der Waals surface area contributed by atoms with Crippen molar-refractivity contribution in [3.8, 4) is 0 Å². The van der Waals surface area contributed by atoms with Crippen LogP contribution in [0.4, 0.5) is 21.0 Å². The van der Waals surface area contributed by atoms with Crippen LogP contribution in [0.2, 0.25) is 13.1 Å². The molecule has 3 atom stereocenters. The Morgan fingerprint density at radius 3 is 1.96 bits per heavy atom. The van der Waals surface area contributed by atoms with E-state index >= 15 is 0 Å². The number of hydrogen-bond donors (Lipinski definition) is 2. The SMILES string of the molecule is C[Si](C)O[C@]1(C(CCO)CCNC(=O)OCc2ccc([N+](=O)[O-])cc2)C[C@H](C(C)(C)C)CN1C(=O)OCc1ccc([N+](=O)[O-])cc1. The minimum absolute atomic E-state index is 0.0431. The van der Waals surface area contributed by atoms with E-state index in [0.29, 0.717) is 36.9 Å². The molecule has 1 aliphatic rings. The molecule has 0 saturated carbocycles. The largest absolute Gasteiger partial charge is 0.445 e. The van der Waals surface area contributed by atoms with Gasteiger partial charge in [0.05, 0.1) is 9.85 Å². The first-order valence-electron chi connectivity index (χ1n) is 15.1. The lowest BCUT2D eigenvalue weighted by molar-refractivity contribution is -0.385. The smallest absolute Gasteiger partial charge is 0.412 e. The molecule has 14 nitrogen and oxygen atoms in total. The Bertz CT molecular complexity index is 1350. The van der Waals surface area contributed by atoms with Gasteiger partial charge in [0.2, 0.25) is 9.04 Å². The van der Waals surface area contributed by atoms with E-state index in [-0.39, 0.29) is 55.0 Å². The number of rotatable bonds is 14. The van der Waals surface area contributed by atoms with Crippen molar-refractivity contribution in [3.63, 3.8) is 0 Å². The molecule has 1 radical (unpaired) electrons. The Kier molecular flexibility index (Phi) is 12.6. The summed E-state index contributed by atoms with van der Waals surface area (Å²) in [6.07, 6.45) is -0.0889. The van der Waals surface area contributed by atoms with Gasteiger partial charge in [0.25, 0.3) is 11.4 Å². The molecule has 2 N–H and O–H groups in total. The third-order valence-corrected chi connectivity index (χ3v) is 8.89. The monoisotopic (exact) mass is 659 g/mol. The summed E-state index contributed by atoms with van der Waals surface area (Å²) in [4.78, 5) is 48.8. The first kappa shape index (κ1) is 36.4. The normalized spacial score (nSPS) is 18.7. The number of likely N-dealkylation sites (tertiary alicyclic amines) is 1. The van der Waals surface area contributed by atoms with Crippen LogP contribution in [0.25, 0.3) is 0 Å². The zero-order valence-corrected chi connectivity index (χ0v) is 27.9. The molecule has 1 fully saturated rings. The van der Waals surface area contributed by atoms with Gasteiger partial charge in [-0.15, -0.1) is 0 Å². The fraction of sp³-hybridized carbons (Fsp3) is 0.548. The summed E-state index contributed by atoms with van der Waals surface area (Å²) in [5.41, 5.74) is -0.223. The van der Waals surface area contributed by atoms with Crippen molar-refractivity contribution in [1.29, 1.82) is 0 Å². The quantitative estimate of drug-likeness (QED) is 0.143. The van der Waals surface area contributed by atoms with Crippen LogP contribution in [-0.2, 0) is 27.1 Å². The summed E-state index contributed by atoms with van der Waals surface area (Å²) in [5.74, 6) is -0.326. The highest BCUT2D eigenvalue weighted by molar-refractivity contribution is 6.48. The molecule has 3 rings (SSSR count). The number of aliphatic hydroxyl groups excluding tert-OH is 1. The Balaban J connectivity index is 1.75. The van der Waals surface area contributed by atoms with Crippen molar-refractivity contribution >= 4 is 32.6 Å². The molecule has 0 bridgehead atoms. The van der Waals surface area contributed by atoms with E-state index in [2.05, 4.69) is 26.1 Å². The lowest BCUT2D eigenvalue weighted by atomic mass is 9.76. The summed E-state index contributed by atoms with van der Waals surface area (Å²) in [6.45, 7) is 10.5. The number of carbonyl (C=O) groups excluding carboxylic acids is 2. The average Bonchev–Trinajstić information content (AvgIpc) is 3.39. The topological polar surface area (TPSA) is 184 Å². The van der Waals surface area contributed by atoms with Crippen molar-refractivity contribution in [3.05, 3.63) is 79.9 Å². The van der Waals surface area contributed by atoms with E-state index in [4.69, 9.17) is 13.9 Å². The number of nitro groups is 2. The third kappa shape index (κ3) is 9.71. The van der Waals surface area contributed by atoms with Gasteiger partial charge in [-0.2, -0.15) is 0 Å². The number of carbonyl (C=O) groups is 2. The van der Waals surface area contributed by atoms with E-state index in [9.17, 15) is 34.9 Å². The maximum absolute atomic E-state index is 13.8. The van der Waals surface area contributed by atoms with Gasteiger partial charge in [-0.1, -0.05) is 20.8 Å². The Hall–Kier alpha value is -4.08. The number of amides is 2. The fourth-order valence-corrected chi connectivity index (χ4v) is 6.65. The lowest BCUT2D eigenvalue weighted by Gasteiger charge is -2.45. The number of nitrogens with one attached hydrogen (secondary N) is 1. The summed E-state index contributed by atoms with van der Waals surface area (Å²) in [6, 6.07) is 11.5. The standard InChI is InChI=1S/C31H43N4O10Si/c1-30(2,3)25-18-31(45-46(4)5,33(19-25)29(38)44-21-23-8-12-27(13-9-23)35(41)42)24(15-17-36)14-16-32-28(37)43-20-22-6-10-26(11-7-22)34(39)40/h6-13,24-25,36H,14-21H2,1-5H3,(H,32,37)/t24?,25-,31-/m0/s1. The van der Waals surface area contributed by atoms with Crippen LogP contribution in [0, 0.1) is 37.5 Å². The van der Waals surface area contributed by atoms with E-state index < -0.39 is 36.8 Å². The van der Waals surface area contributed by atoms with E-state index in [1.165, 1.54) is 48.5 Å². The number of non-ortho nitro benzene ring substituents is 2. The first-order valence-corrected chi connectivity index (χ1v) is 17.5. The molecule has 0 aromatic heterocycles. The van der Waals surface area contributed by atoms with Crippen molar-refractivity contribution in [2.24, 2.45) is 17.3 Å². The molecule has 1 heterocycles. The van der Waals surface area contributed by atoms with Crippen molar-refractivity contribution in [2.75, 3.05) is 19.7 Å². The third-order valence-electron chi connectivity index (χ3n) is 8.13. The summed E-state index contributed by atoms with van der Waals surface area (Å²) < 4.78 is 17.7. The number of nitro benzene ring substituents is 2. The number of alkyl carbamates (subject to hydrolysis) is 1. The second-order valence-electron chi connectivity index (χ2n) is 12.6. The van der Waals surface area contributed by atoms with Crippen LogP contribution in [-0.4, -0.2) is 66.5 Å². The van der Waals surface area contributed by atoms with Crippen LogP contribution in [0.1, 0.15) is 51.2 Å². The molecule has 0 aliphatic carbocycles. The van der Waals surface area contributed by atoms with Gasteiger partial charge in [-0.3, -0.25) is 25.1 Å². The van der Waals surface area contributed by atoms with Gasteiger partial charge in [-0.25, -0.2) is 9.59 Å². The maximum Gasteiger partial charge on any atom is 0.412 e. The predicted molar refractivity (Wildman–Crippen MR) is 170 cm³/mol. The highest BCUT2D eigenvalue weighted by atomic mass is 28.3. The van der Waals surface area contributed by atoms with Crippen molar-refractivity contribution in [2.45, 2.75) is 72.1 Å². The summed E-state index contributed by atoms with van der Waals surface area (Å²) >= 11 is 0. The van der Waals surface area contributed by atoms with Crippen LogP contribution in [0.5, 0.6) is 0 Å². The van der Waals surface area contributed by atoms with E-state index in [1.807, 2.05) is 13.1 Å². The van der Waals surface area contributed by atoms with E-state index in [1.54, 1.807) is 4.90 Å². The zero-order chi connectivity index (χ0) is 34.1. The van der Waals surface area contributed by atoms with Gasteiger partial charge in [0.1, 0.15) is 18.9 Å². The van der Waals surface area contributed by atoms with Crippen LogP contribution >= 0.6 is 0 Å². The minimum atomic E-state index is -1.39. The number of benzene rings is 2. The summed E-state index contributed by atoms with van der Waals surface area (Å²) in [7, 11) is -1.39.